The number of nitrogens with one attached hydrogen (secondary N) is 2. The summed E-state index contributed by atoms with van der Waals surface area (Å²) in [6.45, 7) is 4.99. The number of carbonyl (C=O) groups excluding carboxylic acids is 2. The monoisotopic (exact) mass is 373 g/mol. The van der Waals surface area contributed by atoms with Gasteiger partial charge in [0, 0.05) is 30.9 Å². The predicted molar refractivity (Wildman–Crippen MR) is 106 cm³/mol. The molecular formula is C21H31N3O3. The number of hydrogen-bond donors (Lipinski definition) is 2. The van der Waals surface area contributed by atoms with Gasteiger partial charge in [-0.25, -0.2) is 0 Å². The fourth-order valence-corrected chi connectivity index (χ4v) is 4.14. The van der Waals surface area contributed by atoms with Crippen molar-refractivity contribution >= 4 is 17.5 Å². The van der Waals surface area contributed by atoms with Gasteiger partial charge in [-0.3, -0.25) is 9.59 Å². The first-order valence-electron chi connectivity index (χ1n) is 9.98. The average Bonchev–Trinajstić information content (AvgIpc) is 2.69. The van der Waals surface area contributed by atoms with E-state index in [2.05, 4.69) is 17.6 Å². The van der Waals surface area contributed by atoms with Gasteiger partial charge in [-0.15, -0.1) is 0 Å². The van der Waals surface area contributed by atoms with Crippen LogP contribution in [0.15, 0.2) is 24.3 Å². The molecule has 0 saturated carbocycles. The van der Waals surface area contributed by atoms with Crippen LogP contribution in [-0.4, -0.2) is 56.1 Å². The van der Waals surface area contributed by atoms with Crippen molar-refractivity contribution in [1.29, 1.82) is 0 Å². The molecule has 1 aromatic carbocycles. The molecular weight excluding hydrogens is 342 g/mol. The van der Waals surface area contributed by atoms with Crippen molar-refractivity contribution in [2.75, 3.05) is 38.7 Å². The van der Waals surface area contributed by atoms with E-state index in [1.165, 1.54) is 6.42 Å². The van der Waals surface area contributed by atoms with Crippen molar-refractivity contribution in [3.05, 3.63) is 29.8 Å². The van der Waals surface area contributed by atoms with E-state index in [4.69, 9.17) is 4.74 Å². The number of likely N-dealkylation sites (tertiary alicyclic amines) is 1. The van der Waals surface area contributed by atoms with Crippen molar-refractivity contribution in [3.8, 4) is 0 Å². The number of anilines is 1. The van der Waals surface area contributed by atoms with Crippen LogP contribution < -0.4 is 10.6 Å². The third kappa shape index (κ3) is 4.50. The highest BCUT2D eigenvalue weighted by Crippen LogP contribution is 2.31. The van der Waals surface area contributed by atoms with Crippen LogP contribution in [0.2, 0.25) is 0 Å². The van der Waals surface area contributed by atoms with Crippen molar-refractivity contribution in [2.45, 2.75) is 45.1 Å². The van der Waals surface area contributed by atoms with E-state index in [1.54, 1.807) is 7.11 Å². The number of hydrogen-bond acceptors (Lipinski definition) is 4. The Hall–Kier alpha value is -1.92. The molecule has 0 spiro atoms. The van der Waals surface area contributed by atoms with E-state index in [9.17, 15) is 9.59 Å². The molecule has 2 N–H and O–H groups in total. The van der Waals surface area contributed by atoms with Crippen LogP contribution in [0.1, 0.15) is 49.4 Å². The molecule has 27 heavy (non-hydrogen) atoms. The molecule has 148 valence electrons. The van der Waals surface area contributed by atoms with Crippen molar-refractivity contribution in [2.24, 2.45) is 5.41 Å². The van der Waals surface area contributed by atoms with Gasteiger partial charge in [0.25, 0.3) is 5.91 Å². The lowest BCUT2D eigenvalue weighted by Crippen LogP contribution is -2.47. The zero-order chi connectivity index (χ0) is 19.3. The molecule has 0 bridgehead atoms. The molecule has 2 fully saturated rings. The maximum absolute atomic E-state index is 12.9. The number of benzene rings is 1. The Morgan fingerprint density at radius 2 is 1.93 bits per heavy atom. The smallest absolute Gasteiger partial charge is 0.254 e. The molecule has 0 aromatic heterocycles. The van der Waals surface area contributed by atoms with E-state index < -0.39 is 5.41 Å². The first kappa shape index (κ1) is 19.8. The maximum atomic E-state index is 12.9. The largest absolute Gasteiger partial charge is 0.384 e. The second-order valence-electron chi connectivity index (χ2n) is 7.84. The molecule has 1 atom stereocenters. The number of methoxy groups -OCH3 is 1. The number of carbonyl (C=O) groups is 2. The third-order valence-corrected chi connectivity index (χ3v) is 5.92. The molecule has 2 amide bonds. The summed E-state index contributed by atoms with van der Waals surface area (Å²) in [7, 11) is 1.64. The second-order valence-corrected chi connectivity index (χ2v) is 7.84. The number of amides is 2. The molecule has 2 aliphatic rings. The molecule has 2 saturated heterocycles. The Kier molecular flexibility index (Phi) is 6.50. The summed E-state index contributed by atoms with van der Waals surface area (Å²) in [5.41, 5.74) is 0.907. The highest BCUT2D eigenvalue weighted by molar-refractivity contribution is 5.97. The minimum Gasteiger partial charge on any atom is -0.384 e. The second kappa shape index (κ2) is 8.85. The molecule has 3 rings (SSSR count). The highest BCUT2D eigenvalue weighted by atomic mass is 16.5. The first-order chi connectivity index (χ1) is 13.1. The van der Waals surface area contributed by atoms with Crippen LogP contribution in [0.3, 0.4) is 0 Å². The summed E-state index contributed by atoms with van der Waals surface area (Å²) in [5.74, 6) is 0.0730. The van der Waals surface area contributed by atoms with E-state index >= 15 is 0 Å². The van der Waals surface area contributed by atoms with Crippen LogP contribution in [0, 0.1) is 5.41 Å². The Bertz CT molecular complexity index is 648. The summed E-state index contributed by atoms with van der Waals surface area (Å²) in [6.07, 6.45) is 4.85. The zero-order valence-corrected chi connectivity index (χ0v) is 16.4. The summed E-state index contributed by atoms with van der Waals surface area (Å²) < 4.78 is 5.33. The lowest BCUT2D eigenvalue weighted by Gasteiger charge is -2.35. The normalized spacial score (nSPS) is 22.3. The number of ether oxygens (including phenoxy) is 1. The summed E-state index contributed by atoms with van der Waals surface area (Å²) >= 11 is 0. The minimum atomic E-state index is -0.488. The number of rotatable bonds is 5. The molecule has 6 nitrogen and oxygen atoms in total. The third-order valence-electron chi connectivity index (χ3n) is 5.92. The van der Waals surface area contributed by atoms with Crippen molar-refractivity contribution < 1.29 is 14.3 Å². The zero-order valence-electron chi connectivity index (χ0n) is 16.4. The van der Waals surface area contributed by atoms with Crippen molar-refractivity contribution in [3.63, 3.8) is 0 Å². The summed E-state index contributed by atoms with van der Waals surface area (Å²) in [5, 5.41) is 6.31. The van der Waals surface area contributed by atoms with E-state index in [1.807, 2.05) is 29.2 Å². The van der Waals surface area contributed by atoms with Crippen LogP contribution in [0.4, 0.5) is 5.69 Å². The lowest BCUT2D eigenvalue weighted by molar-refractivity contribution is -0.130. The average molecular weight is 373 g/mol. The molecule has 0 aliphatic carbocycles. The fourth-order valence-electron chi connectivity index (χ4n) is 4.14. The molecule has 2 aliphatic heterocycles. The van der Waals surface area contributed by atoms with E-state index in [0.717, 1.165) is 51.0 Å². The summed E-state index contributed by atoms with van der Waals surface area (Å²) in [6, 6.07) is 7.55. The first-order valence-corrected chi connectivity index (χ1v) is 9.98. The standard InChI is InChI=1S/C21H31N3O3/c1-16-5-3-4-14-24(16)19(25)17-6-8-18(9-7-17)23-20(26)21(15-27-2)10-12-22-13-11-21/h6-9,16,22H,3-5,10-15H2,1-2H3,(H,23,26). The molecule has 2 heterocycles. The molecule has 1 aromatic rings. The number of piperidine rings is 2. The van der Waals surface area contributed by atoms with Gasteiger partial charge in [0.2, 0.25) is 5.91 Å². The SMILES string of the molecule is COCC1(C(=O)Nc2ccc(C(=O)N3CCCCC3C)cc2)CCNCC1. The number of nitrogens with zero attached hydrogens (tertiary/aromatic N) is 1. The lowest BCUT2D eigenvalue weighted by atomic mass is 9.78. The van der Waals surface area contributed by atoms with Crippen LogP contribution in [0.5, 0.6) is 0 Å². The predicted octanol–water partition coefficient (Wildman–Crippen LogP) is 2.66. The Labute approximate surface area is 161 Å². The van der Waals surface area contributed by atoms with E-state index in [0.29, 0.717) is 18.2 Å². The fraction of sp³-hybridized carbons (Fsp3) is 0.619. The van der Waals surface area contributed by atoms with Gasteiger partial charge in [-0.05, 0) is 76.4 Å². The van der Waals surface area contributed by atoms with Gasteiger partial charge in [0.1, 0.15) is 0 Å². The van der Waals surface area contributed by atoms with Crippen LogP contribution in [-0.2, 0) is 9.53 Å². The highest BCUT2D eigenvalue weighted by Gasteiger charge is 2.39. The Balaban J connectivity index is 1.66. The Morgan fingerprint density at radius 1 is 1.22 bits per heavy atom. The van der Waals surface area contributed by atoms with Gasteiger partial charge >= 0.3 is 0 Å². The maximum Gasteiger partial charge on any atom is 0.254 e. The van der Waals surface area contributed by atoms with Gasteiger partial charge < -0.3 is 20.3 Å². The van der Waals surface area contributed by atoms with Crippen LogP contribution >= 0.6 is 0 Å². The quantitative estimate of drug-likeness (QED) is 0.832. The Morgan fingerprint density at radius 3 is 2.56 bits per heavy atom. The van der Waals surface area contributed by atoms with Gasteiger partial charge in [-0.2, -0.15) is 0 Å². The van der Waals surface area contributed by atoms with Gasteiger partial charge in [0.15, 0.2) is 0 Å². The topological polar surface area (TPSA) is 70.7 Å². The molecule has 6 heteroatoms. The summed E-state index contributed by atoms with van der Waals surface area (Å²) in [4.78, 5) is 27.6. The van der Waals surface area contributed by atoms with Gasteiger partial charge in [-0.1, -0.05) is 0 Å². The molecule has 0 radical (unpaired) electrons. The minimum absolute atomic E-state index is 0.00502. The van der Waals surface area contributed by atoms with Gasteiger partial charge in [0.05, 0.1) is 12.0 Å². The van der Waals surface area contributed by atoms with E-state index in [-0.39, 0.29) is 11.8 Å². The van der Waals surface area contributed by atoms with Crippen LogP contribution in [0.25, 0.3) is 0 Å². The molecule has 1 unspecified atom stereocenters. The van der Waals surface area contributed by atoms with Crippen molar-refractivity contribution in [1.82, 2.24) is 10.2 Å².